The average Bonchev–Trinajstić information content (AvgIpc) is 2.90. The van der Waals surface area contributed by atoms with Crippen molar-refractivity contribution in [1.82, 2.24) is 0 Å². The lowest BCUT2D eigenvalue weighted by Crippen LogP contribution is -2.09. The smallest absolute Gasteiger partial charge is 0.416 e. The molecule has 1 aliphatic heterocycles. The van der Waals surface area contributed by atoms with Crippen LogP contribution in [0.5, 0.6) is 0 Å². The maximum absolute atomic E-state index is 12.6. The van der Waals surface area contributed by atoms with Crippen molar-refractivity contribution in [3.8, 4) is 0 Å². The summed E-state index contributed by atoms with van der Waals surface area (Å²) in [6, 6.07) is 9.69. The van der Waals surface area contributed by atoms with Gasteiger partial charge in [0, 0.05) is 0 Å². The van der Waals surface area contributed by atoms with E-state index in [0.29, 0.717) is 17.7 Å². The van der Waals surface area contributed by atoms with Crippen molar-refractivity contribution < 1.29 is 23.1 Å². The quantitative estimate of drug-likeness (QED) is 0.877. The molecule has 1 atom stereocenters. The number of halogens is 3. The fraction of sp³-hybridized carbons (Fsp3) is 0.188. The lowest BCUT2D eigenvalue weighted by Gasteiger charge is -2.14. The van der Waals surface area contributed by atoms with Crippen molar-refractivity contribution in [2.45, 2.75) is 18.6 Å². The number of alkyl halides is 3. The number of carbonyl (C=O) groups is 1. The van der Waals surface area contributed by atoms with E-state index in [4.69, 9.17) is 5.11 Å². The van der Waals surface area contributed by atoms with Crippen LogP contribution in [-0.2, 0) is 12.6 Å². The molecule has 0 saturated heterocycles. The summed E-state index contributed by atoms with van der Waals surface area (Å²) in [5, 5.41) is 12.3. The number of aromatic carboxylic acids is 1. The molecule has 3 rings (SSSR count). The highest BCUT2D eigenvalue weighted by Gasteiger charge is 2.31. The molecule has 6 heteroatoms. The largest absolute Gasteiger partial charge is 0.478 e. The predicted octanol–water partition coefficient (Wildman–Crippen LogP) is 4.11. The zero-order valence-corrected chi connectivity index (χ0v) is 11.3. The summed E-state index contributed by atoms with van der Waals surface area (Å²) < 4.78 is 37.7. The molecule has 0 aromatic heterocycles. The van der Waals surface area contributed by atoms with Gasteiger partial charge in [-0.2, -0.15) is 13.2 Å². The van der Waals surface area contributed by atoms with Gasteiger partial charge in [-0.05, 0) is 35.7 Å². The summed E-state index contributed by atoms with van der Waals surface area (Å²) in [6.07, 6.45) is -3.82. The van der Waals surface area contributed by atoms with Crippen molar-refractivity contribution in [3.05, 3.63) is 64.7 Å². The number of hydrogen-bond acceptors (Lipinski definition) is 2. The van der Waals surface area contributed by atoms with E-state index in [-0.39, 0.29) is 11.6 Å². The Morgan fingerprint density at radius 3 is 2.41 bits per heavy atom. The first-order valence-electron chi connectivity index (χ1n) is 6.65. The zero-order chi connectivity index (χ0) is 15.9. The molecule has 0 radical (unpaired) electrons. The van der Waals surface area contributed by atoms with E-state index in [1.165, 1.54) is 18.2 Å². The lowest BCUT2D eigenvalue weighted by atomic mass is 10.0. The van der Waals surface area contributed by atoms with Gasteiger partial charge in [-0.1, -0.05) is 24.3 Å². The van der Waals surface area contributed by atoms with Crippen LogP contribution in [0.25, 0.3) is 0 Å². The number of hydrogen-bond donors (Lipinski definition) is 2. The van der Waals surface area contributed by atoms with E-state index in [1.54, 1.807) is 6.07 Å². The third-order valence-corrected chi connectivity index (χ3v) is 3.76. The Morgan fingerprint density at radius 2 is 1.82 bits per heavy atom. The number of para-hydroxylation sites is 1. The number of fused-ring (bicyclic) bond motifs is 1. The molecule has 114 valence electrons. The first kappa shape index (κ1) is 14.4. The SMILES string of the molecule is O=C(O)c1cccc2c1NC(c1ccc(C(F)(F)F)cc1)C2. The zero-order valence-electron chi connectivity index (χ0n) is 11.3. The number of carboxylic acid groups (broad SMARTS) is 1. The Labute approximate surface area is 124 Å². The van der Waals surface area contributed by atoms with Crippen molar-refractivity contribution in [2.75, 3.05) is 5.32 Å². The maximum atomic E-state index is 12.6. The fourth-order valence-corrected chi connectivity index (χ4v) is 2.67. The fourth-order valence-electron chi connectivity index (χ4n) is 2.67. The predicted molar refractivity (Wildman–Crippen MR) is 74.9 cm³/mol. The average molecular weight is 307 g/mol. The van der Waals surface area contributed by atoms with Crippen molar-refractivity contribution in [2.24, 2.45) is 0 Å². The Morgan fingerprint density at radius 1 is 1.14 bits per heavy atom. The van der Waals surface area contributed by atoms with Gasteiger partial charge < -0.3 is 10.4 Å². The summed E-state index contributed by atoms with van der Waals surface area (Å²) in [5.74, 6) is -1.03. The molecule has 1 aliphatic rings. The number of anilines is 1. The highest BCUT2D eigenvalue weighted by Crippen LogP contribution is 2.37. The number of rotatable bonds is 2. The first-order chi connectivity index (χ1) is 10.4. The lowest BCUT2D eigenvalue weighted by molar-refractivity contribution is -0.137. The van der Waals surface area contributed by atoms with Crippen LogP contribution in [0.4, 0.5) is 18.9 Å². The minimum absolute atomic E-state index is 0.173. The van der Waals surface area contributed by atoms with E-state index in [1.807, 2.05) is 6.07 Å². The minimum Gasteiger partial charge on any atom is -0.478 e. The monoisotopic (exact) mass is 307 g/mol. The van der Waals surface area contributed by atoms with Crippen LogP contribution in [0.3, 0.4) is 0 Å². The summed E-state index contributed by atoms with van der Waals surface area (Å²) in [6.45, 7) is 0. The molecule has 0 bridgehead atoms. The van der Waals surface area contributed by atoms with Crippen LogP contribution < -0.4 is 5.32 Å². The molecule has 2 aromatic carbocycles. The second-order valence-corrected chi connectivity index (χ2v) is 5.17. The van der Waals surface area contributed by atoms with Crippen LogP contribution in [0, 0.1) is 0 Å². The van der Waals surface area contributed by atoms with E-state index in [9.17, 15) is 18.0 Å². The van der Waals surface area contributed by atoms with Crippen molar-refractivity contribution in [3.63, 3.8) is 0 Å². The molecule has 0 aliphatic carbocycles. The molecule has 0 amide bonds. The minimum atomic E-state index is -4.36. The van der Waals surface area contributed by atoms with Gasteiger partial charge in [0.15, 0.2) is 0 Å². The van der Waals surface area contributed by atoms with Gasteiger partial charge in [0.05, 0.1) is 22.9 Å². The van der Waals surface area contributed by atoms with Gasteiger partial charge in [0.1, 0.15) is 0 Å². The third kappa shape index (κ3) is 2.52. The second-order valence-electron chi connectivity index (χ2n) is 5.17. The highest BCUT2D eigenvalue weighted by atomic mass is 19.4. The molecule has 1 unspecified atom stereocenters. The van der Waals surface area contributed by atoms with Gasteiger partial charge in [-0.15, -0.1) is 0 Å². The van der Waals surface area contributed by atoms with Crippen molar-refractivity contribution >= 4 is 11.7 Å². The molecule has 2 N–H and O–H groups in total. The first-order valence-corrected chi connectivity index (χ1v) is 6.65. The number of benzene rings is 2. The summed E-state index contributed by atoms with van der Waals surface area (Å²) >= 11 is 0. The Hall–Kier alpha value is -2.50. The molecular weight excluding hydrogens is 295 g/mol. The Kier molecular flexibility index (Phi) is 3.31. The van der Waals surface area contributed by atoms with Gasteiger partial charge in [0.25, 0.3) is 0 Å². The molecule has 0 spiro atoms. The second kappa shape index (κ2) is 5.05. The van der Waals surface area contributed by atoms with E-state index in [2.05, 4.69) is 5.32 Å². The molecule has 22 heavy (non-hydrogen) atoms. The van der Waals surface area contributed by atoms with Gasteiger partial charge in [-0.3, -0.25) is 0 Å². The molecule has 0 saturated carbocycles. The molecular formula is C16H12F3NO2. The third-order valence-electron chi connectivity index (χ3n) is 3.76. The van der Waals surface area contributed by atoms with Crippen LogP contribution >= 0.6 is 0 Å². The van der Waals surface area contributed by atoms with Crippen LogP contribution in [0.2, 0.25) is 0 Å². The van der Waals surface area contributed by atoms with Crippen LogP contribution in [0.15, 0.2) is 42.5 Å². The summed E-state index contributed by atoms with van der Waals surface area (Å²) in [4.78, 5) is 11.2. The van der Waals surface area contributed by atoms with Gasteiger partial charge in [-0.25, -0.2) is 4.79 Å². The van der Waals surface area contributed by atoms with E-state index < -0.39 is 17.7 Å². The van der Waals surface area contributed by atoms with Crippen LogP contribution in [0.1, 0.15) is 33.1 Å². The van der Waals surface area contributed by atoms with Gasteiger partial charge in [0.2, 0.25) is 0 Å². The van der Waals surface area contributed by atoms with E-state index in [0.717, 1.165) is 17.7 Å². The standard InChI is InChI=1S/C16H12F3NO2/c17-16(18,19)11-6-4-9(5-7-11)13-8-10-2-1-3-12(15(21)22)14(10)20-13/h1-7,13,20H,8H2,(H,21,22). The highest BCUT2D eigenvalue weighted by molar-refractivity contribution is 5.95. The molecule has 3 nitrogen and oxygen atoms in total. The maximum Gasteiger partial charge on any atom is 0.416 e. The normalized spacial score (nSPS) is 17.0. The Bertz CT molecular complexity index is 723. The Balaban J connectivity index is 1.87. The van der Waals surface area contributed by atoms with E-state index >= 15 is 0 Å². The molecule has 2 aromatic rings. The topological polar surface area (TPSA) is 49.3 Å². The number of carboxylic acids is 1. The number of nitrogens with one attached hydrogen (secondary N) is 1. The molecule has 1 heterocycles. The van der Waals surface area contributed by atoms with Gasteiger partial charge >= 0.3 is 12.1 Å². The van der Waals surface area contributed by atoms with Crippen molar-refractivity contribution in [1.29, 1.82) is 0 Å². The summed E-state index contributed by atoms with van der Waals surface area (Å²) in [7, 11) is 0. The molecule has 0 fully saturated rings. The summed E-state index contributed by atoms with van der Waals surface area (Å²) in [5.41, 5.74) is 1.56. The van der Waals surface area contributed by atoms with Crippen LogP contribution in [-0.4, -0.2) is 11.1 Å².